The van der Waals surface area contributed by atoms with Crippen molar-refractivity contribution >= 4 is 22.7 Å². The molecule has 0 saturated heterocycles. The lowest BCUT2D eigenvalue weighted by Gasteiger charge is -2.09. The molecule has 0 atom stereocenters. The Hall–Kier alpha value is -3.44. The summed E-state index contributed by atoms with van der Waals surface area (Å²) < 4.78 is 2.17. The van der Waals surface area contributed by atoms with E-state index in [1.54, 1.807) is 11.8 Å². The fraction of sp³-hybridized carbons (Fsp3) is 0.115. The molecule has 0 N–H and O–H groups in total. The van der Waals surface area contributed by atoms with Crippen LogP contribution in [0, 0.1) is 0 Å². The maximum Gasteiger partial charge on any atom is 0.119 e. The Labute approximate surface area is 185 Å². The van der Waals surface area contributed by atoms with Gasteiger partial charge in [0.15, 0.2) is 0 Å². The van der Waals surface area contributed by atoms with Gasteiger partial charge in [-0.3, -0.25) is 9.67 Å². The minimum absolute atomic E-state index is 0.915. The van der Waals surface area contributed by atoms with Gasteiger partial charge in [0.2, 0.25) is 0 Å². The number of aryl methyl sites for hydroxylation is 1. The summed E-state index contributed by atoms with van der Waals surface area (Å²) in [4.78, 5) is 10.7. The zero-order valence-electron chi connectivity index (χ0n) is 16.9. The monoisotopic (exact) mass is 420 g/mol. The van der Waals surface area contributed by atoms with Gasteiger partial charge in [0.25, 0.3) is 0 Å². The molecule has 0 saturated carbocycles. The Bertz CT molecular complexity index is 1390. The largest absolute Gasteiger partial charge is 0.268 e. The Morgan fingerprint density at radius 2 is 1.71 bits per heavy atom. The van der Waals surface area contributed by atoms with E-state index in [2.05, 4.69) is 76.4 Å². The van der Waals surface area contributed by atoms with Crippen molar-refractivity contribution in [2.24, 2.45) is 0 Å². The number of hydrogen-bond donors (Lipinski definition) is 0. The van der Waals surface area contributed by atoms with E-state index in [1.807, 2.05) is 18.3 Å². The average Bonchev–Trinajstić information content (AvgIpc) is 3.41. The molecule has 0 radical (unpaired) electrons. The van der Waals surface area contributed by atoms with Crippen molar-refractivity contribution in [1.82, 2.24) is 19.7 Å². The van der Waals surface area contributed by atoms with E-state index in [4.69, 9.17) is 10.1 Å². The SMILES string of the molecule is c1ccc(Sc2cccc(-c3nn4c(c3-c3ccnc5ccccc35)CCC4)n2)cc1. The van der Waals surface area contributed by atoms with Crippen molar-refractivity contribution in [2.45, 2.75) is 29.3 Å². The fourth-order valence-corrected chi connectivity index (χ4v) is 5.15. The molecule has 4 nitrogen and oxygen atoms in total. The highest BCUT2D eigenvalue weighted by Crippen LogP contribution is 2.40. The van der Waals surface area contributed by atoms with E-state index in [0.717, 1.165) is 46.7 Å². The Balaban J connectivity index is 1.51. The van der Waals surface area contributed by atoms with Crippen molar-refractivity contribution in [1.29, 1.82) is 0 Å². The first-order chi connectivity index (χ1) is 15.4. The van der Waals surface area contributed by atoms with E-state index in [0.29, 0.717) is 0 Å². The molecule has 1 aliphatic heterocycles. The minimum atomic E-state index is 0.915. The number of fused-ring (bicyclic) bond motifs is 2. The van der Waals surface area contributed by atoms with Crippen LogP contribution < -0.4 is 0 Å². The number of aromatic nitrogens is 4. The van der Waals surface area contributed by atoms with Gasteiger partial charge in [-0.25, -0.2) is 4.98 Å². The molecule has 0 aliphatic carbocycles. The summed E-state index contributed by atoms with van der Waals surface area (Å²) in [5.74, 6) is 0. The van der Waals surface area contributed by atoms with Gasteiger partial charge in [0.05, 0.1) is 11.2 Å². The van der Waals surface area contributed by atoms with Crippen molar-refractivity contribution in [3.05, 3.63) is 90.8 Å². The van der Waals surface area contributed by atoms with Crippen LogP contribution in [0.5, 0.6) is 0 Å². The Kier molecular flexibility index (Phi) is 4.54. The molecule has 0 bridgehead atoms. The van der Waals surface area contributed by atoms with Crippen LogP contribution in [0.15, 0.2) is 95.0 Å². The highest BCUT2D eigenvalue weighted by atomic mass is 32.2. The number of para-hydroxylation sites is 1. The predicted octanol–water partition coefficient (Wildman–Crippen LogP) is 6.26. The van der Waals surface area contributed by atoms with Crippen LogP contribution in [-0.2, 0) is 13.0 Å². The number of rotatable bonds is 4. The first-order valence-corrected chi connectivity index (χ1v) is 11.3. The molecule has 0 spiro atoms. The summed E-state index contributed by atoms with van der Waals surface area (Å²) in [7, 11) is 0. The molecule has 5 heteroatoms. The van der Waals surface area contributed by atoms with Crippen LogP contribution >= 0.6 is 11.8 Å². The van der Waals surface area contributed by atoms with Gasteiger partial charge in [0, 0.05) is 34.3 Å². The number of nitrogens with zero attached hydrogens (tertiary/aromatic N) is 4. The Morgan fingerprint density at radius 1 is 0.839 bits per heavy atom. The van der Waals surface area contributed by atoms with Crippen molar-refractivity contribution in [3.8, 4) is 22.5 Å². The molecule has 150 valence electrons. The van der Waals surface area contributed by atoms with Gasteiger partial charge in [-0.15, -0.1) is 0 Å². The summed E-state index contributed by atoms with van der Waals surface area (Å²) in [5.41, 5.74) is 6.57. The van der Waals surface area contributed by atoms with Gasteiger partial charge >= 0.3 is 0 Å². The van der Waals surface area contributed by atoms with Crippen LogP contribution in [0.3, 0.4) is 0 Å². The lowest BCUT2D eigenvalue weighted by molar-refractivity contribution is 0.658. The smallest absolute Gasteiger partial charge is 0.119 e. The molecule has 0 amide bonds. The molecule has 3 aromatic heterocycles. The normalized spacial score (nSPS) is 12.9. The quantitative estimate of drug-likeness (QED) is 0.344. The second-order valence-corrected chi connectivity index (χ2v) is 8.74. The van der Waals surface area contributed by atoms with E-state index >= 15 is 0 Å². The fourth-order valence-electron chi connectivity index (χ4n) is 4.32. The maximum absolute atomic E-state index is 5.02. The zero-order valence-corrected chi connectivity index (χ0v) is 17.7. The summed E-state index contributed by atoms with van der Waals surface area (Å²) in [6.45, 7) is 0.962. The molecular weight excluding hydrogens is 400 g/mol. The molecule has 0 unspecified atom stereocenters. The van der Waals surface area contributed by atoms with Gasteiger partial charge < -0.3 is 0 Å². The van der Waals surface area contributed by atoms with E-state index in [1.165, 1.54) is 21.7 Å². The van der Waals surface area contributed by atoms with Gasteiger partial charge in [-0.2, -0.15) is 5.10 Å². The van der Waals surface area contributed by atoms with E-state index in [-0.39, 0.29) is 0 Å². The van der Waals surface area contributed by atoms with E-state index < -0.39 is 0 Å². The minimum Gasteiger partial charge on any atom is -0.268 e. The molecule has 5 aromatic rings. The van der Waals surface area contributed by atoms with Crippen molar-refractivity contribution in [2.75, 3.05) is 0 Å². The third-order valence-electron chi connectivity index (χ3n) is 5.69. The maximum atomic E-state index is 5.02. The van der Waals surface area contributed by atoms with Gasteiger partial charge in [-0.05, 0) is 54.8 Å². The van der Waals surface area contributed by atoms with Crippen LogP contribution in [0.4, 0.5) is 0 Å². The van der Waals surface area contributed by atoms with Crippen LogP contribution in [0.25, 0.3) is 33.4 Å². The predicted molar refractivity (Wildman–Crippen MR) is 125 cm³/mol. The first kappa shape index (κ1) is 18.3. The third kappa shape index (κ3) is 3.31. The molecule has 2 aromatic carbocycles. The standard InChI is InChI=1S/C26H20N4S/c1-2-8-18(9-3-1)31-24-14-6-12-22(28-24)26-25(23-13-7-17-30(23)29-26)20-15-16-27-21-11-5-4-10-19(20)21/h1-6,8-12,14-16H,7,13,17H2. The second kappa shape index (κ2) is 7.67. The zero-order chi connectivity index (χ0) is 20.6. The molecule has 31 heavy (non-hydrogen) atoms. The summed E-state index contributed by atoms with van der Waals surface area (Å²) in [5, 5.41) is 7.15. The highest BCUT2D eigenvalue weighted by molar-refractivity contribution is 7.99. The second-order valence-electron chi connectivity index (χ2n) is 7.65. The van der Waals surface area contributed by atoms with Crippen molar-refractivity contribution < 1.29 is 0 Å². The van der Waals surface area contributed by atoms with Gasteiger partial charge in [-0.1, -0.05) is 54.2 Å². The summed E-state index contributed by atoms with van der Waals surface area (Å²) >= 11 is 1.68. The number of benzene rings is 2. The molecule has 0 fully saturated rings. The van der Waals surface area contributed by atoms with Gasteiger partial charge in [0.1, 0.15) is 10.7 Å². The molecule has 4 heterocycles. The van der Waals surface area contributed by atoms with E-state index in [9.17, 15) is 0 Å². The third-order valence-corrected chi connectivity index (χ3v) is 6.64. The van der Waals surface area contributed by atoms with Crippen molar-refractivity contribution in [3.63, 3.8) is 0 Å². The number of hydrogen-bond acceptors (Lipinski definition) is 4. The topological polar surface area (TPSA) is 43.6 Å². The summed E-state index contributed by atoms with van der Waals surface area (Å²) in [6.07, 6.45) is 4.07. The Morgan fingerprint density at radius 3 is 2.65 bits per heavy atom. The highest BCUT2D eigenvalue weighted by Gasteiger charge is 2.25. The average molecular weight is 421 g/mol. The molecule has 1 aliphatic rings. The lowest BCUT2D eigenvalue weighted by Crippen LogP contribution is -1.95. The number of pyridine rings is 2. The molecule has 6 rings (SSSR count). The van der Waals surface area contributed by atoms with Crippen LogP contribution in [0.1, 0.15) is 12.1 Å². The van der Waals surface area contributed by atoms with Crippen LogP contribution in [0.2, 0.25) is 0 Å². The summed E-state index contributed by atoms with van der Waals surface area (Å²) in [6, 6.07) is 27.0. The lowest BCUT2D eigenvalue weighted by atomic mass is 9.97. The first-order valence-electron chi connectivity index (χ1n) is 10.5. The van der Waals surface area contributed by atoms with Crippen LogP contribution in [-0.4, -0.2) is 19.7 Å². The molecular formula is C26H20N4S.